The Morgan fingerprint density at radius 2 is 1.61 bits per heavy atom. The van der Waals surface area contributed by atoms with Crippen LogP contribution in [0.4, 0.5) is 4.79 Å². The van der Waals surface area contributed by atoms with Crippen LogP contribution < -0.4 is 10.6 Å². The molecular weight excluding hydrogens is 304 g/mol. The summed E-state index contributed by atoms with van der Waals surface area (Å²) < 4.78 is 0. The Bertz CT molecular complexity index is 517. The van der Waals surface area contributed by atoms with Gasteiger partial charge >= 0.3 is 17.8 Å². The average Bonchev–Trinajstić information content (AvgIpc) is 2.68. The lowest BCUT2D eigenvalue weighted by Gasteiger charge is -2.16. The van der Waals surface area contributed by atoms with Crippen molar-refractivity contribution in [3.05, 3.63) is 0 Å². The first-order valence-corrected chi connectivity index (χ1v) is 7.48. The lowest BCUT2D eigenvalue weighted by atomic mass is 10.2. The fraction of sp³-hybridized carbons (Fsp3) is 0.643. The summed E-state index contributed by atoms with van der Waals surface area (Å²) in [7, 11) is 0. The third-order valence-electron chi connectivity index (χ3n) is 3.00. The molecule has 1 aliphatic rings. The van der Waals surface area contributed by atoms with Crippen molar-refractivity contribution in [1.82, 2.24) is 20.4 Å². The van der Waals surface area contributed by atoms with Gasteiger partial charge in [-0.2, -0.15) is 0 Å². The summed E-state index contributed by atoms with van der Waals surface area (Å²) in [6.07, 6.45) is 0.768. The Kier molecular flexibility index (Phi) is 6.67. The zero-order chi connectivity index (χ0) is 17.6. The van der Waals surface area contributed by atoms with Crippen molar-refractivity contribution in [1.29, 1.82) is 0 Å². The summed E-state index contributed by atoms with van der Waals surface area (Å²) in [5.41, 5.74) is 0. The van der Waals surface area contributed by atoms with Gasteiger partial charge in [0.25, 0.3) is 0 Å². The summed E-state index contributed by atoms with van der Waals surface area (Å²) in [6, 6.07) is -0.806. The van der Waals surface area contributed by atoms with Gasteiger partial charge in [0.1, 0.15) is 6.54 Å². The number of hydrogen-bond acceptors (Lipinski definition) is 5. The Morgan fingerprint density at radius 3 is 2.17 bits per heavy atom. The monoisotopic (exact) mass is 326 g/mol. The minimum Gasteiger partial charge on any atom is -0.355 e. The topological polar surface area (TPSA) is 116 Å². The first kappa shape index (κ1) is 18.6. The van der Waals surface area contributed by atoms with Crippen LogP contribution in [-0.2, 0) is 19.2 Å². The molecule has 0 bridgehead atoms. The van der Waals surface area contributed by atoms with E-state index in [0.29, 0.717) is 11.4 Å². The molecule has 1 rings (SSSR count). The number of carbonyl (C=O) groups is 5. The van der Waals surface area contributed by atoms with Crippen molar-refractivity contribution < 1.29 is 24.0 Å². The second kappa shape index (κ2) is 8.25. The molecule has 1 heterocycles. The van der Waals surface area contributed by atoms with E-state index in [2.05, 4.69) is 10.6 Å². The van der Waals surface area contributed by atoms with Crippen molar-refractivity contribution in [2.75, 3.05) is 26.2 Å². The molecule has 9 nitrogen and oxygen atoms in total. The molecule has 0 saturated carbocycles. The van der Waals surface area contributed by atoms with Gasteiger partial charge in [-0.15, -0.1) is 0 Å². The number of nitrogens with zero attached hydrogens (tertiary/aromatic N) is 2. The molecule has 1 saturated heterocycles. The van der Waals surface area contributed by atoms with Crippen LogP contribution in [0.5, 0.6) is 0 Å². The fourth-order valence-electron chi connectivity index (χ4n) is 1.92. The quantitative estimate of drug-likeness (QED) is 0.442. The van der Waals surface area contributed by atoms with Crippen molar-refractivity contribution in [3.63, 3.8) is 0 Å². The third-order valence-corrected chi connectivity index (χ3v) is 3.00. The molecule has 6 amide bonds. The Morgan fingerprint density at radius 1 is 1.00 bits per heavy atom. The summed E-state index contributed by atoms with van der Waals surface area (Å²) >= 11 is 0. The van der Waals surface area contributed by atoms with E-state index in [4.69, 9.17) is 0 Å². The predicted molar refractivity (Wildman–Crippen MR) is 80.0 cm³/mol. The van der Waals surface area contributed by atoms with Crippen LogP contribution in [0.1, 0.15) is 27.2 Å². The minimum atomic E-state index is -1.03. The zero-order valence-electron chi connectivity index (χ0n) is 13.5. The molecule has 0 unspecified atom stereocenters. The maximum atomic E-state index is 12.0. The lowest BCUT2D eigenvalue weighted by Crippen LogP contribution is -2.44. The zero-order valence-corrected chi connectivity index (χ0v) is 13.5. The van der Waals surface area contributed by atoms with E-state index in [1.165, 1.54) is 0 Å². The van der Waals surface area contributed by atoms with Gasteiger partial charge in [-0.1, -0.05) is 20.8 Å². The van der Waals surface area contributed by atoms with Crippen molar-refractivity contribution in [2.24, 2.45) is 5.92 Å². The van der Waals surface area contributed by atoms with E-state index < -0.39 is 30.3 Å². The highest BCUT2D eigenvalue weighted by Gasteiger charge is 2.45. The number of amides is 6. The summed E-state index contributed by atoms with van der Waals surface area (Å²) in [5, 5.41) is 4.87. The molecule has 1 aliphatic heterocycles. The summed E-state index contributed by atoms with van der Waals surface area (Å²) in [4.78, 5) is 60.1. The van der Waals surface area contributed by atoms with Crippen LogP contribution >= 0.6 is 0 Å². The normalized spacial score (nSPS) is 14.7. The molecule has 2 N–H and O–H groups in total. The number of hydrogen-bond donors (Lipinski definition) is 2. The smallest absolute Gasteiger partial charge is 0.334 e. The molecule has 0 aliphatic carbocycles. The van der Waals surface area contributed by atoms with Gasteiger partial charge in [0.05, 0.1) is 6.54 Å². The number of rotatable bonds is 8. The highest BCUT2D eigenvalue weighted by molar-refractivity contribution is 6.45. The highest BCUT2D eigenvalue weighted by atomic mass is 16.2. The minimum absolute atomic E-state index is 0.00624. The van der Waals surface area contributed by atoms with Crippen LogP contribution in [0.25, 0.3) is 0 Å². The largest absolute Gasteiger partial charge is 0.355 e. The molecule has 0 atom stereocenters. The third kappa shape index (κ3) is 5.04. The van der Waals surface area contributed by atoms with Gasteiger partial charge in [-0.25, -0.2) is 9.69 Å². The molecule has 9 heteroatoms. The molecular formula is C14H22N4O5. The summed E-state index contributed by atoms with van der Waals surface area (Å²) in [5.74, 6) is -3.00. The maximum absolute atomic E-state index is 12.0. The van der Waals surface area contributed by atoms with Gasteiger partial charge in [-0.3, -0.25) is 24.1 Å². The molecule has 0 aromatic carbocycles. The number of imide groups is 2. The molecule has 0 aromatic heterocycles. The number of carbonyl (C=O) groups excluding carboxylic acids is 5. The second-order valence-electron chi connectivity index (χ2n) is 5.61. The standard InChI is InChI=1S/C14H22N4O5/c1-4-5-15-10(19)6-16-11(20)8-18-13(22)12(21)17(14(18)23)7-9(2)3/h9H,4-8H2,1-3H3,(H,15,19)(H,16,20). The highest BCUT2D eigenvalue weighted by Crippen LogP contribution is 2.13. The molecule has 0 radical (unpaired) electrons. The van der Waals surface area contributed by atoms with E-state index in [-0.39, 0.29) is 24.9 Å². The Hall–Kier alpha value is -2.45. The van der Waals surface area contributed by atoms with Crippen molar-refractivity contribution in [2.45, 2.75) is 27.2 Å². The fourth-order valence-corrected chi connectivity index (χ4v) is 1.92. The number of urea groups is 1. The predicted octanol–water partition coefficient (Wildman–Crippen LogP) is -0.924. The van der Waals surface area contributed by atoms with Crippen LogP contribution in [0.2, 0.25) is 0 Å². The first-order chi connectivity index (χ1) is 10.8. The molecule has 128 valence electrons. The van der Waals surface area contributed by atoms with Crippen molar-refractivity contribution >= 4 is 29.7 Å². The average molecular weight is 326 g/mol. The molecule has 1 fully saturated rings. The lowest BCUT2D eigenvalue weighted by molar-refractivity contribution is -0.144. The van der Waals surface area contributed by atoms with E-state index in [1.807, 2.05) is 6.92 Å². The maximum Gasteiger partial charge on any atom is 0.334 e. The second-order valence-corrected chi connectivity index (χ2v) is 5.61. The van der Waals surface area contributed by atoms with E-state index in [1.54, 1.807) is 13.8 Å². The van der Waals surface area contributed by atoms with Gasteiger partial charge in [0, 0.05) is 13.1 Å². The van der Waals surface area contributed by atoms with E-state index >= 15 is 0 Å². The van der Waals surface area contributed by atoms with Gasteiger partial charge in [0.2, 0.25) is 11.8 Å². The van der Waals surface area contributed by atoms with Crippen LogP contribution in [0.15, 0.2) is 0 Å². The Balaban J connectivity index is 2.54. The van der Waals surface area contributed by atoms with Gasteiger partial charge in [-0.05, 0) is 12.3 Å². The van der Waals surface area contributed by atoms with E-state index in [0.717, 1.165) is 11.3 Å². The van der Waals surface area contributed by atoms with Gasteiger partial charge < -0.3 is 10.6 Å². The van der Waals surface area contributed by atoms with E-state index in [9.17, 15) is 24.0 Å². The SMILES string of the molecule is CCCNC(=O)CNC(=O)CN1C(=O)C(=O)N(CC(C)C)C1=O. The first-order valence-electron chi connectivity index (χ1n) is 7.48. The number of nitrogens with one attached hydrogen (secondary N) is 2. The molecule has 0 aromatic rings. The van der Waals surface area contributed by atoms with Crippen LogP contribution in [-0.4, -0.2) is 65.6 Å². The van der Waals surface area contributed by atoms with Gasteiger partial charge in [0.15, 0.2) is 0 Å². The summed E-state index contributed by atoms with van der Waals surface area (Å²) in [6.45, 7) is 5.27. The molecule has 0 spiro atoms. The van der Waals surface area contributed by atoms with Crippen LogP contribution in [0, 0.1) is 5.92 Å². The van der Waals surface area contributed by atoms with Crippen LogP contribution in [0.3, 0.4) is 0 Å². The molecule has 23 heavy (non-hydrogen) atoms. The Labute approximate surface area is 134 Å². The van der Waals surface area contributed by atoms with Crippen molar-refractivity contribution in [3.8, 4) is 0 Å².